The van der Waals surface area contributed by atoms with Crippen LogP contribution in [0.3, 0.4) is 0 Å². The summed E-state index contributed by atoms with van der Waals surface area (Å²) in [6, 6.07) is 9.78. The molecule has 2 N–H and O–H groups in total. The molecule has 106 valence electrons. The summed E-state index contributed by atoms with van der Waals surface area (Å²) in [7, 11) is 0. The summed E-state index contributed by atoms with van der Waals surface area (Å²) in [5, 5.41) is 5.15. The fraction of sp³-hybridized carbons (Fsp3) is 0.200. The van der Waals surface area contributed by atoms with Gasteiger partial charge in [0.2, 0.25) is 5.95 Å². The lowest BCUT2D eigenvalue weighted by atomic mass is 9.98. The number of pyridine rings is 1. The third kappa shape index (κ3) is 2.10. The summed E-state index contributed by atoms with van der Waals surface area (Å²) < 4.78 is 1.71. The van der Waals surface area contributed by atoms with Crippen molar-refractivity contribution in [3.8, 4) is 0 Å². The van der Waals surface area contributed by atoms with Crippen molar-refractivity contribution in [3.63, 3.8) is 0 Å². The minimum Gasteiger partial charge on any atom is -0.398 e. The fourth-order valence-corrected chi connectivity index (χ4v) is 2.91. The normalized spacial score (nSPS) is 14.4. The smallest absolute Gasteiger partial charge is 0.245 e. The molecule has 21 heavy (non-hydrogen) atoms. The summed E-state index contributed by atoms with van der Waals surface area (Å²) in [6.07, 6.45) is 2.72. The highest BCUT2D eigenvalue weighted by Gasteiger charge is 2.21. The summed E-state index contributed by atoms with van der Waals surface area (Å²) in [5.41, 5.74) is 10.2. The number of halogens is 1. The first-order chi connectivity index (χ1) is 10.2. The highest BCUT2D eigenvalue weighted by atomic mass is 35.5. The molecule has 0 saturated heterocycles. The predicted molar refractivity (Wildman–Crippen MR) is 83.6 cm³/mol. The van der Waals surface area contributed by atoms with Crippen LogP contribution in [-0.4, -0.2) is 21.1 Å². The highest BCUT2D eigenvalue weighted by Crippen LogP contribution is 2.26. The van der Waals surface area contributed by atoms with Gasteiger partial charge in [0.25, 0.3) is 0 Å². The van der Waals surface area contributed by atoms with Crippen LogP contribution < -0.4 is 10.6 Å². The van der Waals surface area contributed by atoms with Gasteiger partial charge in [0.15, 0.2) is 5.65 Å². The quantitative estimate of drug-likeness (QED) is 0.702. The van der Waals surface area contributed by atoms with Gasteiger partial charge < -0.3 is 10.6 Å². The number of nitrogen functional groups attached to an aromatic ring is 1. The van der Waals surface area contributed by atoms with Gasteiger partial charge in [0.1, 0.15) is 0 Å². The standard InChI is InChI=1S/C15H14ClN5/c16-11-4-5-14-18-15(19-21(14)8-11)20-7-6-10-2-1-3-13(17)12(10)9-20/h1-5,8H,6-7,9,17H2. The van der Waals surface area contributed by atoms with Gasteiger partial charge >= 0.3 is 0 Å². The van der Waals surface area contributed by atoms with Crippen molar-refractivity contribution in [1.82, 2.24) is 14.6 Å². The van der Waals surface area contributed by atoms with Crippen LogP contribution >= 0.6 is 11.6 Å². The van der Waals surface area contributed by atoms with E-state index in [4.69, 9.17) is 17.3 Å². The molecule has 0 amide bonds. The number of rotatable bonds is 1. The number of benzene rings is 1. The van der Waals surface area contributed by atoms with Crippen LogP contribution in [0.5, 0.6) is 0 Å². The maximum Gasteiger partial charge on any atom is 0.245 e. The lowest BCUT2D eigenvalue weighted by molar-refractivity contribution is 0.708. The SMILES string of the molecule is Nc1cccc2c1CN(c1nc3ccc(Cl)cn3n1)CC2. The van der Waals surface area contributed by atoms with Crippen LogP contribution in [0.25, 0.3) is 5.65 Å². The minimum absolute atomic E-state index is 0.646. The third-order valence-electron chi connectivity index (χ3n) is 3.88. The van der Waals surface area contributed by atoms with Crippen molar-refractivity contribution in [2.24, 2.45) is 0 Å². The monoisotopic (exact) mass is 299 g/mol. The van der Waals surface area contributed by atoms with E-state index in [9.17, 15) is 0 Å². The molecule has 0 radical (unpaired) electrons. The summed E-state index contributed by atoms with van der Waals surface area (Å²) in [5.74, 6) is 0.714. The second-order valence-electron chi connectivity index (χ2n) is 5.22. The molecule has 1 aliphatic heterocycles. The second-order valence-corrected chi connectivity index (χ2v) is 5.65. The van der Waals surface area contributed by atoms with Crippen LogP contribution in [0, 0.1) is 0 Å². The Morgan fingerprint density at radius 3 is 3.00 bits per heavy atom. The molecule has 5 nitrogen and oxygen atoms in total. The van der Waals surface area contributed by atoms with Gasteiger partial charge in [-0.15, -0.1) is 5.10 Å². The molecular formula is C15H14ClN5. The van der Waals surface area contributed by atoms with Crippen LogP contribution in [0.4, 0.5) is 11.6 Å². The van der Waals surface area contributed by atoms with E-state index in [2.05, 4.69) is 21.0 Å². The van der Waals surface area contributed by atoms with E-state index in [0.29, 0.717) is 11.0 Å². The van der Waals surface area contributed by atoms with Crippen LogP contribution in [0.2, 0.25) is 5.02 Å². The zero-order chi connectivity index (χ0) is 14.4. The summed E-state index contributed by atoms with van der Waals surface area (Å²) >= 11 is 5.98. The second kappa shape index (κ2) is 4.63. The lowest BCUT2D eigenvalue weighted by Gasteiger charge is -2.28. The first kappa shape index (κ1) is 12.5. The Hall–Kier alpha value is -2.27. The lowest BCUT2D eigenvalue weighted by Crippen LogP contribution is -2.31. The number of hydrogen-bond donors (Lipinski definition) is 1. The Morgan fingerprint density at radius 2 is 2.10 bits per heavy atom. The molecular weight excluding hydrogens is 286 g/mol. The molecule has 0 saturated carbocycles. The van der Waals surface area contributed by atoms with Gasteiger partial charge in [-0.25, -0.2) is 4.52 Å². The predicted octanol–water partition coefficient (Wildman–Crippen LogP) is 2.53. The minimum atomic E-state index is 0.646. The Balaban J connectivity index is 1.72. The van der Waals surface area contributed by atoms with Crippen LogP contribution in [0.1, 0.15) is 11.1 Å². The first-order valence-electron chi connectivity index (χ1n) is 6.84. The Bertz CT molecular complexity index is 826. The van der Waals surface area contributed by atoms with Crippen molar-refractivity contribution >= 4 is 28.9 Å². The first-order valence-corrected chi connectivity index (χ1v) is 7.21. The molecule has 0 aliphatic carbocycles. The number of fused-ring (bicyclic) bond motifs is 2. The van der Waals surface area contributed by atoms with E-state index in [0.717, 1.165) is 30.8 Å². The van der Waals surface area contributed by atoms with Crippen molar-refractivity contribution in [3.05, 3.63) is 52.7 Å². The van der Waals surface area contributed by atoms with E-state index in [1.807, 2.05) is 24.3 Å². The van der Waals surface area contributed by atoms with Gasteiger partial charge in [-0.2, -0.15) is 4.98 Å². The Morgan fingerprint density at radius 1 is 1.19 bits per heavy atom. The molecule has 0 bridgehead atoms. The zero-order valence-corrected chi connectivity index (χ0v) is 12.1. The average molecular weight is 300 g/mol. The Kier molecular flexibility index (Phi) is 2.75. The topological polar surface area (TPSA) is 59.5 Å². The molecule has 1 aromatic carbocycles. The molecule has 2 aromatic heterocycles. The fourth-order valence-electron chi connectivity index (χ4n) is 2.76. The van der Waals surface area contributed by atoms with Gasteiger partial charge in [0.05, 0.1) is 5.02 Å². The van der Waals surface area contributed by atoms with Crippen molar-refractivity contribution < 1.29 is 0 Å². The number of nitrogens with two attached hydrogens (primary N) is 1. The molecule has 1 aliphatic rings. The summed E-state index contributed by atoms with van der Waals surface area (Å²) in [4.78, 5) is 6.71. The average Bonchev–Trinajstić information content (AvgIpc) is 2.90. The molecule has 3 aromatic rings. The van der Waals surface area contributed by atoms with E-state index < -0.39 is 0 Å². The maximum absolute atomic E-state index is 6.09. The summed E-state index contributed by atoms with van der Waals surface area (Å²) in [6.45, 7) is 1.63. The number of hydrogen-bond acceptors (Lipinski definition) is 4. The molecule has 0 fully saturated rings. The van der Waals surface area contributed by atoms with Gasteiger partial charge in [-0.05, 0) is 35.7 Å². The van der Waals surface area contributed by atoms with Crippen molar-refractivity contribution in [2.75, 3.05) is 17.2 Å². The third-order valence-corrected chi connectivity index (χ3v) is 4.10. The van der Waals surface area contributed by atoms with Crippen LogP contribution in [-0.2, 0) is 13.0 Å². The van der Waals surface area contributed by atoms with Gasteiger partial charge in [-0.3, -0.25) is 0 Å². The molecule has 3 heterocycles. The molecule has 6 heteroatoms. The molecule has 4 rings (SSSR count). The van der Waals surface area contributed by atoms with E-state index >= 15 is 0 Å². The zero-order valence-electron chi connectivity index (χ0n) is 11.3. The number of anilines is 2. The van der Waals surface area contributed by atoms with E-state index in [1.165, 1.54) is 11.1 Å². The van der Waals surface area contributed by atoms with Gasteiger partial charge in [0, 0.05) is 25.0 Å². The molecule has 0 unspecified atom stereocenters. The Labute approximate surface area is 127 Å². The van der Waals surface area contributed by atoms with E-state index in [-0.39, 0.29) is 0 Å². The van der Waals surface area contributed by atoms with Crippen molar-refractivity contribution in [1.29, 1.82) is 0 Å². The molecule has 0 atom stereocenters. The highest BCUT2D eigenvalue weighted by molar-refractivity contribution is 6.30. The largest absolute Gasteiger partial charge is 0.398 e. The number of aromatic nitrogens is 3. The number of nitrogens with zero attached hydrogens (tertiary/aromatic N) is 4. The van der Waals surface area contributed by atoms with E-state index in [1.54, 1.807) is 10.7 Å². The van der Waals surface area contributed by atoms with Crippen LogP contribution in [0.15, 0.2) is 36.5 Å². The maximum atomic E-state index is 6.09. The van der Waals surface area contributed by atoms with Gasteiger partial charge in [-0.1, -0.05) is 23.7 Å². The molecule has 0 spiro atoms. The van der Waals surface area contributed by atoms with Crippen molar-refractivity contribution in [2.45, 2.75) is 13.0 Å².